The summed E-state index contributed by atoms with van der Waals surface area (Å²) in [6, 6.07) is 15.7. The quantitative estimate of drug-likeness (QED) is 0.712. The monoisotopic (exact) mass is 344 g/mol. The standard InChI is InChI=1S/C20H25FN2O2/c1-23(12-7-13-25-18-9-3-2-4-10-18)20(24)15-17(22)14-16-8-5-6-11-19(16)21/h2-6,8-11,17H,7,12-15,22H2,1H3/t17-/m1/s1. The van der Waals surface area contributed by atoms with Gasteiger partial charge < -0.3 is 15.4 Å². The molecule has 0 radical (unpaired) electrons. The summed E-state index contributed by atoms with van der Waals surface area (Å²) < 4.78 is 19.2. The molecule has 134 valence electrons. The number of ether oxygens (including phenoxy) is 1. The van der Waals surface area contributed by atoms with E-state index in [0.717, 1.165) is 12.2 Å². The predicted octanol–water partition coefficient (Wildman–Crippen LogP) is 3.01. The highest BCUT2D eigenvalue weighted by atomic mass is 19.1. The zero-order valence-electron chi connectivity index (χ0n) is 14.5. The predicted molar refractivity (Wildman–Crippen MR) is 96.9 cm³/mol. The first-order valence-electron chi connectivity index (χ1n) is 8.47. The number of benzene rings is 2. The molecule has 0 aliphatic carbocycles. The molecule has 0 unspecified atom stereocenters. The lowest BCUT2D eigenvalue weighted by molar-refractivity contribution is -0.130. The smallest absolute Gasteiger partial charge is 0.223 e. The van der Waals surface area contributed by atoms with E-state index in [1.165, 1.54) is 6.07 Å². The van der Waals surface area contributed by atoms with Crippen molar-refractivity contribution in [3.63, 3.8) is 0 Å². The van der Waals surface area contributed by atoms with E-state index in [1.54, 1.807) is 30.1 Å². The summed E-state index contributed by atoms with van der Waals surface area (Å²) in [5, 5.41) is 0. The number of nitrogens with zero attached hydrogens (tertiary/aromatic N) is 1. The van der Waals surface area contributed by atoms with Crippen molar-refractivity contribution in [2.75, 3.05) is 20.2 Å². The summed E-state index contributed by atoms with van der Waals surface area (Å²) in [5.74, 6) is 0.503. The van der Waals surface area contributed by atoms with E-state index in [-0.39, 0.29) is 18.1 Å². The van der Waals surface area contributed by atoms with Gasteiger partial charge in [-0.25, -0.2) is 4.39 Å². The van der Waals surface area contributed by atoms with Crippen LogP contribution in [0, 0.1) is 5.82 Å². The molecule has 1 amide bonds. The number of rotatable bonds is 9. The summed E-state index contributed by atoms with van der Waals surface area (Å²) in [6.07, 6.45) is 1.29. The van der Waals surface area contributed by atoms with E-state index in [9.17, 15) is 9.18 Å². The van der Waals surface area contributed by atoms with Crippen LogP contribution in [-0.2, 0) is 11.2 Å². The Balaban J connectivity index is 1.68. The highest BCUT2D eigenvalue weighted by Crippen LogP contribution is 2.11. The van der Waals surface area contributed by atoms with Gasteiger partial charge in [-0.2, -0.15) is 0 Å². The van der Waals surface area contributed by atoms with Crippen LogP contribution in [0.5, 0.6) is 5.75 Å². The molecule has 0 saturated carbocycles. The van der Waals surface area contributed by atoms with Gasteiger partial charge in [0.05, 0.1) is 6.61 Å². The van der Waals surface area contributed by atoms with Crippen molar-refractivity contribution in [2.45, 2.75) is 25.3 Å². The molecule has 2 rings (SSSR count). The van der Waals surface area contributed by atoms with Crippen molar-refractivity contribution in [3.8, 4) is 5.75 Å². The SMILES string of the molecule is CN(CCCOc1ccccc1)C(=O)C[C@H](N)Cc1ccccc1F. The van der Waals surface area contributed by atoms with Crippen LogP contribution < -0.4 is 10.5 Å². The maximum Gasteiger partial charge on any atom is 0.223 e. The maximum atomic E-state index is 13.6. The van der Waals surface area contributed by atoms with E-state index in [4.69, 9.17) is 10.5 Å². The number of hydrogen-bond donors (Lipinski definition) is 1. The molecule has 2 aromatic carbocycles. The molecule has 4 nitrogen and oxygen atoms in total. The highest BCUT2D eigenvalue weighted by Gasteiger charge is 2.15. The van der Waals surface area contributed by atoms with Crippen LogP contribution in [0.2, 0.25) is 0 Å². The van der Waals surface area contributed by atoms with E-state index in [1.807, 2.05) is 30.3 Å². The molecule has 0 heterocycles. The minimum atomic E-state index is -0.396. The average Bonchev–Trinajstić information content (AvgIpc) is 2.61. The number of amides is 1. The molecule has 0 saturated heterocycles. The largest absolute Gasteiger partial charge is 0.494 e. The average molecular weight is 344 g/mol. The van der Waals surface area contributed by atoms with Gasteiger partial charge in [-0.15, -0.1) is 0 Å². The second-order valence-electron chi connectivity index (χ2n) is 6.09. The van der Waals surface area contributed by atoms with Crippen molar-refractivity contribution in [3.05, 3.63) is 66.0 Å². The Morgan fingerprint density at radius 2 is 1.84 bits per heavy atom. The molecule has 2 aromatic rings. The van der Waals surface area contributed by atoms with E-state index in [2.05, 4.69) is 0 Å². The molecule has 0 aliphatic rings. The van der Waals surface area contributed by atoms with Gasteiger partial charge in [-0.05, 0) is 36.6 Å². The van der Waals surface area contributed by atoms with Crippen LogP contribution in [0.1, 0.15) is 18.4 Å². The summed E-state index contributed by atoms with van der Waals surface area (Å²) in [6.45, 7) is 1.14. The van der Waals surface area contributed by atoms with E-state index >= 15 is 0 Å². The molecule has 0 aliphatic heterocycles. The number of nitrogens with two attached hydrogens (primary N) is 1. The van der Waals surface area contributed by atoms with Gasteiger partial charge in [0.15, 0.2) is 0 Å². The molecule has 5 heteroatoms. The molecule has 0 fully saturated rings. The lowest BCUT2D eigenvalue weighted by atomic mass is 10.0. The zero-order chi connectivity index (χ0) is 18.1. The lowest BCUT2D eigenvalue weighted by Gasteiger charge is -2.20. The number of carbonyl (C=O) groups excluding carboxylic acids is 1. The summed E-state index contributed by atoms with van der Waals surface area (Å²) >= 11 is 0. The highest BCUT2D eigenvalue weighted by molar-refractivity contribution is 5.76. The summed E-state index contributed by atoms with van der Waals surface area (Å²) in [7, 11) is 1.75. The molecule has 2 N–H and O–H groups in total. The zero-order valence-corrected chi connectivity index (χ0v) is 14.5. The van der Waals surface area contributed by atoms with Gasteiger partial charge in [0.25, 0.3) is 0 Å². The minimum absolute atomic E-state index is 0.0384. The first-order chi connectivity index (χ1) is 12.1. The Bertz CT molecular complexity index is 664. The number of halogens is 1. The van der Waals surface area contributed by atoms with Gasteiger partial charge in [0.2, 0.25) is 5.91 Å². The van der Waals surface area contributed by atoms with Crippen molar-refractivity contribution < 1.29 is 13.9 Å². The van der Waals surface area contributed by atoms with Gasteiger partial charge in [0.1, 0.15) is 11.6 Å². The van der Waals surface area contributed by atoms with Crippen molar-refractivity contribution in [2.24, 2.45) is 5.73 Å². The van der Waals surface area contributed by atoms with Crippen molar-refractivity contribution in [1.29, 1.82) is 0 Å². The minimum Gasteiger partial charge on any atom is -0.494 e. The lowest BCUT2D eigenvalue weighted by Crippen LogP contribution is -2.35. The first kappa shape index (κ1) is 18.9. The van der Waals surface area contributed by atoms with Crippen LogP contribution in [-0.4, -0.2) is 37.0 Å². The van der Waals surface area contributed by atoms with Gasteiger partial charge >= 0.3 is 0 Å². The van der Waals surface area contributed by atoms with Crippen LogP contribution in [0.25, 0.3) is 0 Å². The Morgan fingerprint density at radius 1 is 1.16 bits per heavy atom. The first-order valence-corrected chi connectivity index (χ1v) is 8.47. The van der Waals surface area contributed by atoms with E-state index in [0.29, 0.717) is 25.1 Å². The van der Waals surface area contributed by atoms with E-state index < -0.39 is 6.04 Å². The molecule has 1 atom stereocenters. The third-order valence-electron chi connectivity index (χ3n) is 3.95. The maximum absolute atomic E-state index is 13.6. The fourth-order valence-corrected chi connectivity index (χ4v) is 2.53. The van der Waals surface area contributed by atoms with Gasteiger partial charge in [0, 0.05) is 26.1 Å². The van der Waals surface area contributed by atoms with Crippen molar-refractivity contribution in [1.82, 2.24) is 4.90 Å². The molecular formula is C20H25FN2O2. The van der Waals surface area contributed by atoms with Crippen LogP contribution >= 0.6 is 0 Å². The Morgan fingerprint density at radius 3 is 2.56 bits per heavy atom. The number of hydrogen-bond acceptors (Lipinski definition) is 3. The molecule has 0 bridgehead atoms. The Hall–Kier alpha value is -2.40. The third-order valence-corrected chi connectivity index (χ3v) is 3.95. The van der Waals surface area contributed by atoms with Crippen molar-refractivity contribution >= 4 is 5.91 Å². The summed E-state index contributed by atoms with van der Waals surface area (Å²) in [5.41, 5.74) is 6.55. The third kappa shape index (κ3) is 6.55. The summed E-state index contributed by atoms with van der Waals surface area (Å²) in [4.78, 5) is 13.9. The molecular weight excluding hydrogens is 319 g/mol. The topological polar surface area (TPSA) is 55.6 Å². The second-order valence-corrected chi connectivity index (χ2v) is 6.09. The second kappa shape index (κ2) is 9.79. The van der Waals surface area contributed by atoms with Gasteiger partial charge in [-0.3, -0.25) is 4.79 Å². The Kier molecular flexibility index (Phi) is 7.41. The molecule has 0 aromatic heterocycles. The number of para-hydroxylation sites is 1. The fourth-order valence-electron chi connectivity index (χ4n) is 2.53. The van der Waals surface area contributed by atoms with Crippen LogP contribution in [0.15, 0.2) is 54.6 Å². The fraction of sp³-hybridized carbons (Fsp3) is 0.350. The number of carbonyl (C=O) groups is 1. The van der Waals surface area contributed by atoms with Crippen LogP contribution in [0.4, 0.5) is 4.39 Å². The Labute approximate surface area is 148 Å². The van der Waals surface area contributed by atoms with Crippen LogP contribution in [0.3, 0.4) is 0 Å². The van der Waals surface area contributed by atoms with Gasteiger partial charge in [-0.1, -0.05) is 36.4 Å². The molecule has 0 spiro atoms. The normalized spacial score (nSPS) is 11.8. The molecule has 25 heavy (non-hydrogen) atoms.